The maximum absolute atomic E-state index is 12.2. The van der Waals surface area contributed by atoms with Crippen LogP contribution in [0.25, 0.3) is 0 Å². The molecule has 24 heavy (non-hydrogen) atoms. The Morgan fingerprint density at radius 3 is 2.71 bits per heavy atom. The number of carbonyl (C=O) groups is 3. The van der Waals surface area contributed by atoms with Gasteiger partial charge in [-0.25, -0.2) is 9.59 Å². The maximum atomic E-state index is 12.2. The molecule has 1 heterocycles. The topological polar surface area (TPSA) is 72.9 Å². The van der Waals surface area contributed by atoms with Gasteiger partial charge in [0, 0.05) is 12.8 Å². The Labute approximate surface area is 141 Å². The molecule has 2 rings (SSSR count). The lowest BCUT2D eigenvalue weighted by atomic mass is 10.1. The van der Waals surface area contributed by atoms with Crippen molar-refractivity contribution in [2.24, 2.45) is 0 Å². The van der Waals surface area contributed by atoms with E-state index in [0.29, 0.717) is 6.42 Å². The molecule has 0 saturated carbocycles. The third kappa shape index (κ3) is 5.08. The first-order valence-corrected chi connectivity index (χ1v) is 8.27. The molecular formula is C18H23NO5. The first kappa shape index (κ1) is 18.0. The van der Waals surface area contributed by atoms with Crippen LogP contribution in [0.1, 0.15) is 44.6 Å². The molecule has 0 aliphatic carbocycles. The Balaban J connectivity index is 1.84. The minimum Gasteiger partial charge on any atom is -0.444 e. The second-order valence-electron chi connectivity index (χ2n) is 5.80. The molecule has 0 N–H and O–H groups in total. The van der Waals surface area contributed by atoms with Crippen LogP contribution in [0.2, 0.25) is 0 Å². The van der Waals surface area contributed by atoms with Crippen LogP contribution in [0.15, 0.2) is 30.3 Å². The number of benzene rings is 1. The van der Waals surface area contributed by atoms with Gasteiger partial charge in [-0.2, -0.15) is 0 Å². The number of hydrogen-bond acceptors (Lipinski definition) is 5. The van der Waals surface area contributed by atoms with Gasteiger partial charge in [0.2, 0.25) is 0 Å². The molecule has 1 aromatic carbocycles. The Bertz CT molecular complexity index is 572. The minimum atomic E-state index is -0.737. The molecule has 0 radical (unpaired) electrons. The van der Waals surface area contributed by atoms with Crippen molar-refractivity contribution in [3.8, 4) is 0 Å². The second-order valence-corrected chi connectivity index (χ2v) is 5.80. The molecule has 1 fully saturated rings. The monoisotopic (exact) mass is 333 g/mol. The standard InChI is InChI=1S/C18H23NO5/c1-2-3-9-15(20)10-11-16-17(21)24-13-19(16)18(22)23-12-14-7-5-4-6-8-14/h4-8,16H,2-3,9-13H2,1H3. The van der Waals surface area contributed by atoms with E-state index in [0.717, 1.165) is 18.4 Å². The largest absolute Gasteiger partial charge is 0.444 e. The minimum absolute atomic E-state index is 0.106. The van der Waals surface area contributed by atoms with E-state index in [4.69, 9.17) is 9.47 Å². The number of rotatable bonds is 8. The number of carbonyl (C=O) groups excluding carboxylic acids is 3. The summed E-state index contributed by atoms with van der Waals surface area (Å²) in [6, 6.07) is 8.56. The van der Waals surface area contributed by atoms with Crippen molar-refractivity contribution >= 4 is 17.8 Å². The summed E-state index contributed by atoms with van der Waals surface area (Å²) in [6.07, 6.45) is 2.25. The van der Waals surface area contributed by atoms with Gasteiger partial charge in [-0.15, -0.1) is 0 Å². The highest BCUT2D eigenvalue weighted by Crippen LogP contribution is 2.19. The first-order chi connectivity index (χ1) is 11.6. The average molecular weight is 333 g/mol. The number of cyclic esters (lactones) is 1. The number of amides is 1. The number of nitrogens with zero attached hydrogens (tertiary/aromatic N) is 1. The lowest BCUT2D eigenvalue weighted by molar-refractivity contribution is -0.139. The highest BCUT2D eigenvalue weighted by Gasteiger charge is 2.38. The van der Waals surface area contributed by atoms with Crippen molar-refractivity contribution in [3.05, 3.63) is 35.9 Å². The molecule has 1 unspecified atom stereocenters. The van der Waals surface area contributed by atoms with Gasteiger partial charge in [-0.1, -0.05) is 43.7 Å². The van der Waals surface area contributed by atoms with E-state index in [1.165, 1.54) is 4.90 Å². The van der Waals surface area contributed by atoms with Crippen molar-refractivity contribution < 1.29 is 23.9 Å². The fourth-order valence-electron chi connectivity index (χ4n) is 2.50. The van der Waals surface area contributed by atoms with E-state index >= 15 is 0 Å². The Morgan fingerprint density at radius 2 is 2.00 bits per heavy atom. The zero-order valence-corrected chi connectivity index (χ0v) is 13.9. The van der Waals surface area contributed by atoms with Gasteiger partial charge < -0.3 is 9.47 Å². The maximum Gasteiger partial charge on any atom is 0.413 e. The zero-order valence-electron chi connectivity index (χ0n) is 13.9. The van der Waals surface area contributed by atoms with Crippen molar-refractivity contribution in [2.75, 3.05) is 6.73 Å². The number of esters is 1. The van der Waals surface area contributed by atoms with Gasteiger partial charge in [0.05, 0.1) is 0 Å². The van der Waals surface area contributed by atoms with Gasteiger partial charge in [0.1, 0.15) is 18.4 Å². The number of unbranched alkanes of at least 4 members (excludes halogenated alkanes) is 1. The van der Waals surface area contributed by atoms with E-state index in [1.807, 2.05) is 37.3 Å². The summed E-state index contributed by atoms with van der Waals surface area (Å²) in [5.41, 5.74) is 0.864. The van der Waals surface area contributed by atoms with Crippen LogP contribution in [-0.4, -0.2) is 35.5 Å². The SMILES string of the molecule is CCCCC(=O)CCC1C(=O)OCN1C(=O)OCc1ccccc1. The summed E-state index contributed by atoms with van der Waals surface area (Å²) in [7, 11) is 0. The number of hydrogen-bond donors (Lipinski definition) is 0. The third-order valence-electron chi connectivity index (χ3n) is 3.94. The van der Waals surface area contributed by atoms with Crippen LogP contribution in [0.5, 0.6) is 0 Å². The molecule has 0 spiro atoms. The molecule has 1 atom stereocenters. The van der Waals surface area contributed by atoms with E-state index < -0.39 is 18.1 Å². The van der Waals surface area contributed by atoms with Crippen LogP contribution in [0.4, 0.5) is 4.79 Å². The lowest BCUT2D eigenvalue weighted by Gasteiger charge is -2.19. The van der Waals surface area contributed by atoms with Crippen LogP contribution in [0, 0.1) is 0 Å². The van der Waals surface area contributed by atoms with E-state index in [-0.39, 0.29) is 32.0 Å². The molecule has 0 aromatic heterocycles. The molecule has 1 aliphatic rings. The first-order valence-electron chi connectivity index (χ1n) is 8.27. The molecule has 6 heteroatoms. The van der Waals surface area contributed by atoms with Crippen LogP contribution < -0.4 is 0 Å². The molecular weight excluding hydrogens is 310 g/mol. The molecule has 1 amide bonds. The van der Waals surface area contributed by atoms with Crippen molar-refractivity contribution in [1.29, 1.82) is 0 Å². The van der Waals surface area contributed by atoms with Gasteiger partial charge in [-0.05, 0) is 18.4 Å². The summed E-state index contributed by atoms with van der Waals surface area (Å²) in [5, 5.41) is 0. The average Bonchev–Trinajstić information content (AvgIpc) is 2.97. The van der Waals surface area contributed by atoms with Crippen molar-refractivity contribution in [3.63, 3.8) is 0 Å². The Kier molecular flexibility index (Phi) is 6.78. The van der Waals surface area contributed by atoms with Crippen LogP contribution in [-0.2, 0) is 25.7 Å². The summed E-state index contributed by atoms with van der Waals surface area (Å²) >= 11 is 0. The third-order valence-corrected chi connectivity index (χ3v) is 3.94. The summed E-state index contributed by atoms with van der Waals surface area (Å²) in [5.74, 6) is -0.371. The zero-order chi connectivity index (χ0) is 17.4. The normalized spacial score (nSPS) is 16.8. The van der Waals surface area contributed by atoms with Gasteiger partial charge in [0.15, 0.2) is 6.73 Å². The number of ether oxygens (including phenoxy) is 2. The number of ketones is 1. The highest BCUT2D eigenvalue weighted by molar-refractivity contribution is 5.85. The smallest absolute Gasteiger partial charge is 0.413 e. The van der Waals surface area contributed by atoms with E-state index in [9.17, 15) is 14.4 Å². The molecule has 1 saturated heterocycles. The van der Waals surface area contributed by atoms with E-state index in [2.05, 4.69) is 0 Å². The summed E-state index contributed by atoms with van der Waals surface area (Å²) < 4.78 is 10.2. The second kappa shape index (κ2) is 9.05. The molecule has 1 aromatic rings. The van der Waals surface area contributed by atoms with Gasteiger partial charge in [-0.3, -0.25) is 9.69 Å². The van der Waals surface area contributed by atoms with Crippen LogP contribution in [0.3, 0.4) is 0 Å². The van der Waals surface area contributed by atoms with Gasteiger partial charge >= 0.3 is 12.1 Å². The highest BCUT2D eigenvalue weighted by atomic mass is 16.6. The Hall–Kier alpha value is -2.37. The molecule has 1 aliphatic heterocycles. The summed E-state index contributed by atoms with van der Waals surface area (Å²) in [4.78, 5) is 37.0. The number of Topliss-reactive ketones (excluding diaryl/α,β-unsaturated/α-hetero) is 1. The molecule has 0 bridgehead atoms. The van der Waals surface area contributed by atoms with Gasteiger partial charge in [0.25, 0.3) is 0 Å². The Morgan fingerprint density at radius 1 is 1.25 bits per heavy atom. The van der Waals surface area contributed by atoms with Crippen molar-refractivity contribution in [1.82, 2.24) is 4.90 Å². The quantitative estimate of drug-likeness (QED) is 0.684. The van der Waals surface area contributed by atoms with Crippen molar-refractivity contribution in [2.45, 2.75) is 51.7 Å². The fourth-order valence-corrected chi connectivity index (χ4v) is 2.50. The molecule has 130 valence electrons. The predicted molar refractivity (Wildman–Crippen MR) is 87.0 cm³/mol. The fraction of sp³-hybridized carbons (Fsp3) is 0.500. The van der Waals surface area contributed by atoms with E-state index in [1.54, 1.807) is 0 Å². The van der Waals surface area contributed by atoms with Crippen LogP contribution >= 0.6 is 0 Å². The summed E-state index contributed by atoms with van der Waals surface area (Å²) in [6.45, 7) is 2.03. The predicted octanol–water partition coefficient (Wildman–Crippen LogP) is 3.05. The molecule has 6 nitrogen and oxygen atoms in total. The lowest BCUT2D eigenvalue weighted by Crippen LogP contribution is -2.38.